The molecule has 0 aromatic carbocycles. The van der Waals surface area contributed by atoms with Crippen molar-refractivity contribution in [3.05, 3.63) is 12.2 Å². The van der Waals surface area contributed by atoms with Crippen LogP contribution in [0.25, 0.3) is 0 Å². The van der Waals surface area contributed by atoms with Crippen LogP contribution in [0.15, 0.2) is 12.2 Å². The average molecular weight is 543 g/mol. The van der Waals surface area contributed by atoms with E-state index >= 15 is 0 Å². The van der Waals surface area contributed by atoms with E-state index in [-0.39, 0.29) is 45.8 Å². The molecule has 0 fully saturated rings. The zero-order valence-corrected chi connectivity index (χ0v) is 20.7. The Morgan fingerprint density at radius 3 is 1.61 bits per heavy atom. The van der Waals surface area contributed by atoms with Crippen LogP contribution in [-0.2, 0) is 33.6 Å². The fourth-order valence-corrected chi connectivity index (χ4v) is 3.55. The number of rotatable bonds is 21. The van der Waals surface area contributed by atoms with Crippen molar-refractivity contribution in [2.75, 3.05) is 72.0 Å². The van der Waals surface area contributed by atoms with Gasteiger partial charge in [-0.3, -0.25) is 48.4 Å². The highest BCUT2D eigenvalue weighted by molar-refractivity contribution is 6.12. The number of imide groups is 1. The number of hydrogen-bond acceptors (Lipinski definition) is 11. The van der Waals surface area contributed by atoms with Crippen molar-refractivity contribution in [1.82, 2.24) is 24.9 Å². The van der Waals surface area contributed by atoms with Gasteiger partial charge in [-0.15, -0.1) is 0 Å². The van der Waals surface area contributed by atoms with Crippen molar-refractivity contribution in [3.63, 3.8) is 0 Å². The molecule has 0 radical (unpaired) electrons. The first kappa shape index (κ1) is 32.1. The fraction of sp³-hybridized carbons (Fsp3) is 0.591. The van der Waals surface area contributed by atoms with Gasteiger partial charge in [-0.05, 0) is 12.8 Å². The van der Waals surface area contributed by atoms with E-state index in [9.17, 15) is 38.7 Å². The lowest BCUT2D eigenvalue weighted by molar-refractivity contribution is -0.306. The summed E-state index contributed by atoms with van der Waals surface area (Å²) in [5.74, 6) is -6.48. The Bertz CT molecular complexity index is 833. The average Bonchev–Trinajstić information content (AvgIpc) is 3.10. The Hall–Kier alpha value is -3.89. The summed E-state index contributed by atoms with van der Waals surface area (Å²) in [5, 5.41) is 40.6. The molecular formula is C22H32N5O11-. The number of carboxylic acid groups (broad SMARTS) is 4. The predicted molar refractivity (Wildman–Crippen MR) is 125 cm³/mol. The van der Waals surface area contributed by atoms with Gasteiger partial charge in [0.2, 0.25) is 5.91 Å². The third-order valence-corrected chi connectivity index (χ3v) is 5.29. The van der Waals surface area contributed by atoms with Gasteiger partial charge in [0.25, 0.3) is 11.8 Å². The summed E-state index contributed by atoms with van der Waals surface area (Å²) in [4.78, 5) is 84.4. The number of carbonyl (C=O) groups is 7. The van der Waals surface area contributed by atoms with Gasteiger partial charge < -0.3 is 30.5 Å². The number of carboxylic acids is 4. The fourth-order valence-electron chi connectivity index (χ4n) is 3.55. The van der Waals surface area contributed by atoms with Gasteiger partial charge in [0.05, 0.1) is 32.1 Å². The number of amides is 3. The van der Waals surface area contributed by atoms with Gasteiger partial charge in [-0.2, -0.15) is 0 Å². The van der Waals surface area contributed by atoms with E-state index in [0.717, 1.165) is 14.7 Å². The lowest BCUT2D eigenvalue weighted by Gasteiger charge is -2.28. The topological polar surface area (TPSA) is 228 Å². The van der Waals surface area contributed by atoms with E-state index in [1.165, 1.54) is 17.1 Å². The minimum Gasteiger partial charge on any atom is -0.549 e. The number of nitrogens with zero attached hydrogens (tertiary/aromatic N) is 4. The van der Waals surface area contributed by atoms with Crippen LogP contribution in [0.1, 0.15) is 12.8 Å². The van der Waals surface area contributed by atoms with Crippen LogP contribution in [0, 0.1) is 0 Å². The third kappa shape index (κ3) is 14.0. The number of hydrogen-bond donors (Lipinski definition) is 4. The van der Waals surface area contributed by atoms with Crippen LogP contribution in [0.2, 0.25) is 0 Å². The van der Waals surface area contributed by atoms with Gasteiger partial charge in [0, 0.05) is 58.0 Å². The molecule has 212 valence electrons. The first-order chi connectivity index (χ1) is 17.9. The quantitative estimate of drug-likeness (QED) is 0.0795. The number of carbonyl (C=O) groups excluding carboxylic acids is 4. The molecule has 0 aromatic rings. The zero-order valence-electron chi connectivity index (χ0n) is 20.7. The molecule has 3 amide bonds. The molecule has 1 aliphatic rings. The molecule has 0 atom stereocenters. The molecule has 16 heteroatoms. The van der Waals surface area contributed by atoms with E-state index in [1.807, 2.05) is 0 Å². The molecule has 1 rings (SSSR count). The highest BCUT2D eigenvalue weighted by Gasteiger charge is 2.22. The summed E-state index contributed by atoms with van der Waals surface area (Å²) in [7, 11) is 0. The lowest BCUT2D eigenvalue weighted by Crippen LogP contribution is -2.48. The van der Waals surface area contributed by atoms with E-state index < -0.39 is 67.8 Å². The Kier molecular flexibility index (Phi) is 14.2. The molecule has 1 heterocycles. The molecule has 0 unspecified atom stereocenters. The van der Waals surface area contributed by atoms with Gasteiger partial charge in [0.1, 0.15) is 0 Å². The van der Waals surface area contributed by atoms with Crippen LogP contribution in [0.5, 0.6) is 0 Å². The Labute approximate surface area is 218 Å². The largest absolute Gasteiger partial charge is 0.549 e. The second-order valence-corrected chi connectivity index (χ2v) is 8.47. The van der Waals surface area contributed by atoms with Crippen molar-refractivity contribution in [2.24, 2.45) is 0 Å². The maximum atomic E-state index is 12.5. The molecule has 0 aliphatic carbocycles. The minimum atomic E-state index is -1.49. The van der Waals surface area contributed by atoms with Crippen LogP contribution >= 0.6 is 0 Å². The van der Waals surface area contributed by atoms with Crippen molar-refractivity contribution in [2.45, 2.75) is 12.8 Å². The second kappa shape index (κ2) is 16.8. The van der Waals surface area contributed by atoms with Crippen molar-refractivity contribution >= 4 is 41.6 Å². The van der Waals surface area contributed by atoms with E-state index in [4.69, 9.17) is 15.3 Å². The first-order valence-electron chi connectivity index (χ1n) is 11.7. The summed E-state index contributed by atoms with van der Waals surface area (Å²) < 4.78 is 0. The highest BCUT2D eigenvalue weighted by atomic mass is 16.4. The number of aliphatic carboxylic acids is 4. The minimum absolute atomic E-state index is 0.0220. The summed E-state index contributed by atoms with van der Waals surface area (Å²) in [6.45, 7) is -2.20. The van der Waals surface area contributed by atoms with E-state index in [1.54, 1.807) is 0 Å². The van der Waals surface area contributed by atoms with Crippen molar-refractivity contribution in [1.29, 1.82) is 0 Å². The van der Waals surface area contributed by atoms with Gasteiger partial charge in [0.15, 0.2) is 0 Å². The summed E-state index contributed by atoms with van der Waals surface area (Å²) in [5.41, 5.74) is 0. The van der Waals surface area contributed by atoms with Crippen LogP contribution < -0.4 is 10.4 Å². The summed E-state index contributed by atoms with van der Waals surface area (Å²) in [6.07, 6.45) is 3.27. The van der Waals surface area contributed by atoms with Gasteiger partial charge in [-0.1, -0.05) is 0 Å². The number of unbranched alkanes of at least 4 members (excludes halogenated alkanes) is 1. The highest BCUT2D eigenvalue weighted by Crippen LogP contribution is 2.05. The molecule has 1 aliphatic heterocycles. The molecule has 0 bridgehead atoms. The third-order valence-electron chi connectivity index (χ3n) is 5.29. The molecule has 0 spiro atoms. The van der Waals surface area contributed by atoms with Gasteiger partial charge >= 0.3 is 17.9 Å². The molecular weight excluding hydrogens is 510 g/mol. The standard InChI is InChI=1S/C22H33N5O11/c28-16(23-5-1-2-6-27-17(29)3-4-18(27)30)11-24(7-9-25(12-19(31)32)13-20(33)34)8-10-26(14-21(35)36)15-22(37)38/h3-4H,1-2,5-15H2,(H,23,28)(H,31,32)(H,33,34)(H,35,36)(H,37,38)/p-1. The summed E-state index contributed by atoms with van der Waals surface area (Å²) in [6, 6.07) is 0. The first-order valence-corrected chi connectivity index (χ1v) is 11.7. The van der Waals surface area contributed by atoms with Crippen LogP contribution in [0.3, 0.4) is 0 Å². The Balaban J connectivity index is 2.67. The smallest absolute Gasteiger partial charge is 0.317 e. The number of nitrogens with one attached hydrogen (secondary N) is 1. The lowest BCUT2D eigenvalue weighted by atomic mass is 10.3. The van der Waals surface area contributed by atoms with Gasteiger partial charge in [-0.25, -0.2) is 0 Å². The van der Waals surface area contributed by atoms with E-state index in [0.29, 0.717) is 12.8 Å². The normalized spacial score (nSPS) is 13.1. The molecule has 16 nitrogen and oxygen atoms in total. The van der Waals surface area contributed by atoms with Crippen LogP contribution in [0.4, 0.5) is 0 Å². The maximum Gasteiger partial charge on any atom is 0.317 e. The molecule has 0 saturated carbocycles. The monoisotopic (exact) mass is 542 g/mol. The summed E-state index contributed by atoms with van der Waals surface area (Å²) >= 11 is 0. The SMILES string of the molecule is O=C([O-])CN(CCN(CCN(CC(=O)O)CC(=O)O)CC(=O)NCCCCN1C(=O)C=CC1=O)CC(=O)O. The molecule has 0 aromatic heterocycles. The Morgan fingerprint density at radius 1 is 0.711 bits per heavy atom. The maximum absolute atomic E-state index is 12.5. The second-order valence-electron chi connectivity index (χ2n) is 8.47. The predicted octanol–water partition coefficient (Wildman–Crippen LogP) is -4.28. The van der Waals surface area contributed by atoms with E-state index in [2.05, 4.69) is 5.32 Å². The molecule has 0 saturated heterocycles. The zero-order chi connectivity index (χ0) is 28.7. The van der Waals surface area contributed by atoms with Crippen molar-refractivity contribution < 1.29 is 54.0 Å². The van der Waals surface area contributed by atoms with Crippen molar-refractivity contribution in [3.8, 4) is 0 Å². The van der Waals surface area contributed by atoms with Crippen LogP contribution in [-0.4, -0.2) is 149 Å². The molecule has 38 heavy (non-hydrogen) atoms. The molecule has 4 N–H and O–H groups in total. The Morgan fingerprint density at radius 2 is 1.16 bits per heavy atom.